The van der Waals surface area contributed by atoms with Crippen LogP contribution < -0.4 is 5.73 Å². The van der Waals surface area contributed by atoms with Gasteiger partial charge in [-0.25, -0.2) is 14.4 Å². The van der Waals surface area contributed by atoms with Crippen molar-refractivity contribution in [2.75, 3.05) is 0 Å². The van der Waals surface area contributed by atoms with Gasteiger partial charge in [0.2, 0.25) is 11.7 Å². The Labute approximate surface area is 183 Å². The number of carbonyl (C=O) groups is 2. The lowest BCUT2D eigenvalue weighted by Crippen LogP contribution is -2.09. The average molecular weight is 454 g/mol. The predicted molar refractivity (Wildman–Crippen MR) is 112 cm³/mol. The molecule has 0 atom stereocenters. The zero-order valence-electron chi connectivity index (χ0n) is 16.7. The number of H-pyrrole nitrogens is 1. The second-order valence-electron chi connectivity index (χ2n) is 7.06. The SMILES string of the molecule is NC(=O)/C=C/c1c[nH]c2ncc(-c3cnc(C(=O)c4ccc(C(F)(F)F)cc4)c(F)c3)cc12. The average Bonchev–Trinajstić information content (AvgIpc) is 3.19. The molecule has 0 saturated heterocycles. The number of primary amides is 1. The van der Waals surface area contributed by atoms with Crippen molar-refractivity contribution in [2.45, 2.75) is 6.18 Å². The van der Waals surface area contributed by atoms with Gasteiger partial charge in [0.1, 0.15) is 11.3 Å². The van der Waals surface area contributed by atoms with Crippen molar-refractivity contribution < 1.29 is 27.2 Å². The van der Waals surface area contributed by atoms with E-state index >= 15 is 0 Å². The fourth-order valence-electron chi connectivity index (χ4n) is 3.20. The summed E-state index contributed by atoms with van der Waals surface area (Å²) in [5, 5.41) is 0.648. The Morgan fingerprint density at radius 3 is 2.30 bits per heavy atom. The lowest BCUT2D eigenvalue weighted by molar-refractivity contribution is -0.137. The molecular weight excluding hydrogens is 440 g/mol. The van der Waals surface area contributed by atoms with E-state index in [1.807, 2.05) is 0 Å². The van der Waals surface area contributed by atoms with Gasteiger partial charge >= 0.3 is 6.18 Å². The number of amides is 1. The number of rotatable bonds is 5. The number of aromatic nitrogens is 3. The molecule has 0 bridgehead atoms. The molecule has 6 nitrogen and oxygen atoms in total. The molecule has 33 heavy (non-hydrogen) atoms. The summed E-state index contributed by atoms with van der Waals surface area (Å²) in [4.78, 5) is 34.6. The van der Waals surface area contributed by atoms with E-state index < -0.39 is 34.9 Å². The Bertz CT molecular complexity index is 1410. The Morgan fingerprint density at radius 1 is 1.00 bits per heavy atom. The van der Waals surface area contributed by atoms with Crippen molar-refractivity contribution in [1.82, 2.24) is 15.0 Å². The zero-order chi connectivity index (χ0) is 23.8. The molecule has 0 aliphatic rings. The number of nitrogens with zero attached hydrogens (tertiary/aromatic N) is 2. The maximum Gasteiger partial charge on any atom is 0.416 e. The lowest BCUT2D eigenvalue weighted by Gasteiger charge is -2.08. The summed E-state index contributed by atoms with van der Waals surface area (Å²) in [6.07, 6.45) is 2.54. The van der Waals surface area contributed by atoms with Crippen LogP contribution in [0.1, 0.15) is 27.2 Å². The molecule has 0 aliphatic carbocycles. The Hall–Kier alpha value is -4.34. The molecule has 1 aromatic carbocycles. The van der Waals surface area contributed by atoms with E-state index in [0.717, 1.165) is 30.3 Å². The minimum absolute atomic E-state index is 0.122. The number of fused-ring (bicyclic) bond motifs is 1. The number of halogens is 4. The number of carbonyl (C=O) groups excluding carboxylic acids is 2. The molecule has 0 spiro atoms. The number of nitrogens with two attached hydrogens (primary N) is 1. The van der Waals surface area contributed by atoms with Crippen LogP contribution in [0.25, 0.3) is 28.2 Å². The number of ketones is 1. The van der Waals surface area contributed by atoms with E-state index in [0.29, 0.717) is 27.7 Å². The van der Waals surface area contributed by atoms with Crippen LogP contribution in [-0.2, 0) is 11.0 Å². The van der Waals surface area contributed by atoms with Crippen LogP contribution in [-0.4, -0.2) is 26.6 Å². The van der Waals surface area contributed by atoms with Crippen LogP contribution >= 0.6 is 0 Å². The van der Waals surface area contributed by atoms with E-state index in [1.165, 1.54) is 24.5 Å². The van der Waals surface area contributed by atoms with Gasteiger partial charge in [-0.05, 0) is 30.3 Å². The Balaban J connectivity index is 1.65. The van der Waals surface area contributed by atoms with Crippen molar-refractivity contribution in [2.24, 2.45) is 5.73 Å². The normalized spacial score (nSPS) is 11.9. The van der Waals surface area contributed by atoms with Crippen molar-refractivity contribution in [3.8, 4) is 11.1 Å². The Kier molecular flexibility index (Phi) is 5.50. The van der Waals surface area contributed by atoms with Gasteiger partial charge in [-0.2, -0.15) is 13.2 Å². The third-order valence-electron chi connectivity index (χ3n) is 4.85. The summed E-state index contributed by atoms with van der Waals surface area (Å²) in [6.45, 7) is 0. The zero-order valence-corrected chi connectivity index (χ0v) is 16.7. The first-order valence-electron chi connectivity index (χ1n) is 9.46. The molecule has 1 amide bonds. The minimum Gasteiger partial charge on any atom is -0.366 e. The summed E-state index contributed by atoms with van der Waals surface area (Å²) >= 11 is 0. The van der Waals surface area contributed by atoms with Gasteiger partial charge in [-0.3, -0.25) is 9.59 Å². The summed E-state index contributed by atoms with van der Waals surface area (Å²) < 4.78 is 52.8. The predicted octanol–water partition coefficient (Wildman–Crippen LogP) is 4.51. The van der Waals surface area contributed by atoms with Crippen molar-refractivity contribution in [1.29, 1.82) is 0 Å². The number of pyridine rings is 2. The monoisotopic (exact) mass is 454 g/mol. The van der Waals surface area contributed by atoms with Crippen LogP contribution in [0.4, 0.5) is 17.6 Å². The van der Waals surface area contributed by atoms with Gasteiger partial charge in [0.15, 0.2) is 5.82 Å². The lowest BCUT2D eigenvalue weighted by atomic mass is 10.0. The number of benzene rings is 1. The van der Waals surface area contributed by atoms with Gasteiger partial charge in [0.05, 0.1) is 5.56 Å². The molecule has 0 fully saturated rings. The van der Waals surface area contributed by atoms with Gasteiger partial charge in [-0.1, -0.05) is 12.1 Å². The largest absolute Gasteiger partial charge is 0.416 e. The van der Waals surface area contributed by atoms with E-state index in [9.17, 15) is 27.2 Å². The van der Waals surface area contributed by atoms with Crippen LogP contribution in [0, 0.1) is 5.82 Å². The quantitative estimate of drug-likeness (QED) is 0.263. The molecule has 3 aromatic heterocycles. The van der Waals surface area contributed by atoms with Crippen molar-refractivity contribution >= 4 is 28.8 Å². The van der Waals surface area contributed by atoms with E-state index in [1.54, 1.807) is 12.3 Å². The second-order valence-corrected chi connectivity index (χ2v) is 7.06. The molecule has 4 aromatic rings. The molecule has 0 unspecified atom stereocenters. The third kappa shape index (κ3) is 4.49. The first kappa shape index (κ1) is 21.9. The van der Waals surface area contributed by atoms with Crippen LogP contribution in [0.5, 0.6) is 0 Å². The highest BCUT2D eigenvalue weighted by Gasteiger charge is 2.30. The van der Waals surface area contributed by atoms with E-state index in [2.05, 4.69) is 15.0 Å². The number of hydrogen-bond donors (Lipinski definition) is 2. The van der Waals surface area contributed by atoms with Gasteiger partial charge in [-0.15, -0.1) is 0 Å². The highest BCUT2D eigenvalue weighted by molar-refractivity contribution is 6.08. The molecule has 0 saturated carbocycles. The molecule has 3 N–H and O–H groups in total. The number of alkyl halides is 3. The molecule has 166 valence electrons. The number of hydrogen-bond acceptors (Lipinski definition) is 4. The number of aromatic amines is 1. The maximum absolute atomic E-state index is 14.7. The van der Waals surface area contributed by atoms with Crippen molar-refractivity contribution in [3.05, 3.63) is 89.3 Å². The van der Waals surface area contributed by atoms with Crippen LogP contribution in [0.2, 0.25) is 0 Å². The molecule has 3 heterocycles. The van der Waals surface area contributed by atoms with Gasteiger partial charge in [0, 0.05) is 52.3 Å². The molecule has 0 radical (unpaired) electrons. The first-order chi connectivity index (χ1) is 15.6. The molecule has 10 heteroatoms. The summed E-state index contributed by atoms with van der Waals surface area (Å²) in [5.74, 6) is -2.39. The highest BCUT2D eigenvalue weighted by atomic mass is 19.4. The van der Waals surface area contributed by atoms with Gasteiger partial charge < -0.3 is 10.7 Å². The van der Waals surface area contributed by atoms with Crippen LogP contribution in [0.3, 0.4) is 0 Å². The fraction of sp³-hybridized carbons (Fsp3) is 0.0435. The third-order valence-corrected chi connectivity index (χ3v) is 4.85. The standard InChI is InChI=1S/C23H14F4N4O2/c24-18-8-15(14-7-17-13(3-6-19(28)32)9-30-22(17)31-11-14)10-29-20(18)21(33)12-1-4-16(5-2-12)23(25,26)27/h1-11H,(H2,28,32)(H,30,31)/b6-3+. The smallest absolute Gasteiger partial charge is 0.366 e. The minimum atomic E-state index is -4.54. The molecule has 0 aliphatic heterocycles. The van der Waals surface area contributed by atoms with Crippen molar-refractivity contribution in [3.63, 3.8) is 0 Å². The second kappa shape index (κ2) is 8.30. The first-order valence-corrected chi connectivity index (χ1v) is 9.46. The summed E-state index contributed by atoms with van der Waals surface area (Å²) in [6, 6.07) is 6.26. The van der Waals surface area contributed by atoms with E-state index in [4.69, 9.17) is 5.73 Å². The Morgan fingerprint density at radius 2 is 1.67 bits per heavy atom. The topological polar surface area (TPSA) is 102 Å². The highest BCUT2D eigenvalue weighted by Crippen LogP contribution is 2.30. The van der Waals surface area contributed by atoms with E-state index in [-0.39, 0.29) is 5.56 Å². The molecular formula is C23H14F4N4O2. The summed E-state index contributed by atoms with van der Waals surface area (Å²) in [5.41, 5.74) is 5.56. The maximum atomic E-state index is 14.7. The summed E-state index contributed by atoms with van der Waals surface area (Å²) in [7, 11) is 0. The van der Waals surface area contributed by atoms with Gasteiger partial charge in [0.25, 0.3) is 0 Å². The molecule has 4 rings (SSSR count). The number of nitrogens with one attached hydrogen (secondary N) is 1. The van der Waals surface area contributed by atoms with Crippen LogP contribution in [0.15, 0.2) is 61.1 Å². The fourth-order valence-corrected chi connectivity index (χ4v) is 3.20.